The Labute approximate surface area is 208 Å². The lowest BCUT2D eigenvalue weighted by Gasteiger charge is -2.12. The topological polar surface area (TPSA) is 67.2 Å². The maximum Gasteiger partial charge on any atom is 0.328 e. The summed E-state index contributed by atoms with van der Waals surface area (Å²) in [5.74, 6) is 6.94. The number of thioether (sulfide) groups is 1. The van der Waals surface area contributed by atoms with Gasteiger partial charge < -0.3 is 4.90 Å². The number of pyridine rings is 1. The van der Waals surface area contributed by atoms with Crippen LogP contribution in [0.2, 0.25) is 0 Å². The molecular formula is C28H24N4O2S. The number of benzene rings is 2. The molecule has 0 aliphatic carbocycles. The average molecular weight is 481 g/mol. The first kappa shape index (κ1) is 22.9. The van der Waals surface area contributed by atoms with Crippen molar-refractivity contribution in [2.45, 2.75) is 11.4 Å². The Morgan fingerprint density at radius 2 is 1.86 bits per heavy atom. The predicted molar refractivity (Wildman–Crippen MR) is 140 cm³/mol. The molecule has 4 aromatic rings. The SMILES string of the molecule is CN(C)C(=O)n1cc(C(=O)C2CSC(c3cccnc3)N2)c2ccc(C#Cc3ccccc3)cc21. The zero-order valence-electron chi connectivity index (χ0n) is 19.4. The molecule has 1 aliphatic rings. The number of carbonyl (C=O) groups excluding carboxylic acids is 2. The van der Waals surface area contributed by atoms with Gasteiger partial charge in [-0.3, -0.25) is 19.7 Å². The maximum atomic E-state index is 13.6. The molecular weight excluding hydrogens is 456 g/mol. The van der Waals surface area contributed by atoms with Crippen molar-refractivity contribution in [2.75, 3.05) is 19.8 Å². The molecule has 6 nitrogen and oxygen atoms in total. The molecule has 0 bridgehead atoms. The monoisotopic (exact) mass is 480 g/mol. The van der Waals surface area contributed by atoms with Crippen molar-refractivity contribution < 1.29 is 9.59 Å². The Bertz CT molecular complexity index is 1450. The molecule has 174 valence electrons. The van der Waals surface area contributed by atoms with Gasteiger partial charge in [-0.25, -0.2) is 4.79 Å². The zero-order valence-corrected chi connectivity index (χ0v) is 20.3. The van der Waals surface area contributed by atoms with E-state index in [4.69, 9.17) is 0 Å². The highest BCUT2D eigenvalue weighted by molar-refractivity contribution is 7.99. The molecule has 1 fully saturated rings. The van der Waals surface area contributed by atoms with E-state index >= 15 is 0 Å². The number of aromatic nitrogens is 2. The van der Waals surface area contributed by atoms with E-state index in [1.165, 1.54) is 9.47 Å². The third kappa shape index (κ3) is 4.72. The Kier molecular flexibility index (Phi) is 6.41. The number of rotatable bonds is 3. The van der Waals surface area contributed by atoms with Gasteiger partial charge in [-0.15, -0.1) is 11.8 Å². The van der Waals surface area contributed by atoms with Crippen LogP contribution in [-0.2, 0) is 0 Å². The predicted octanol–water partition coefficient (Wildman–Crippen LogP) is 4.55. The number of amides is 1. The van der Waals surface area contributed by atoms with Gasteiger partial charge in [-0.2, -0.15) is 0 Å². The van der Waals surface area contributed by atoms with Crippen molar-refractivity contribution in [2.24, 2.45) is 0 Å². The van der Waals surface area contributed by atoms with Crippen molar-refractivity contribution in [1.29, 1.82) is 0 Å². The smallest absolute Gasteiger partial charge is 0.328 e. The van der Waals surface area contributed by atoms with Gasteiger partial charge in [-0.05, 0) is 35.9 Å². The van der Waals surface area contributed by atoms with Crippen LogP contribution in [0.5, 0.6) is 0 Å². The Morgan fingerprint density at radius 3 is 2.60 bits per heavy atom. The molecule has 2 atom stereocenters. The molecule has 2 unspecified atom stereocenters. The first-order valence-electron chi connectivity index (χ1n) is 11.3. The minimum absolute atomic E-state index is 0.00858. The van der Waals surface area contributed by atoms with E-state index in [2.05, 4.69) is 22.1 Å². The summed E-state index contributed by atoms with van der Waals surface area (Å²) in [5.41, 5.74) is 3.93. The standard InChI is InChI=1S/C28H24N4O2S/c1-31(2)28(34)32-17-23(26(33)24-18-35-27(30-24)21-9-6-14-29-16-21)22-13-12-20(15-25(22)32)11-10-19-7-4-3-5-8-19/h3-9,12-17,24,27,30H,18H2,1-2H3. The quantitative estimate of drug-likeness (QED) is 0.344. The molecule has 3 heterocycles. The second-order valence-electron chi connectivity index (χ2n) is 8.52. The minimum atomic E-state index is -0.351. The number of hydrogen-bond donors (Lipinski definition) is 1. The largest absolute Gasteiger partial charge is 0.330 e. The molecule has 5 rings (SSSR count). The lowest BCUT2D eigenvalue weighted by Crippen LogP contribution is -2.34. The van der Waals surface area contributed by atoms with Crippen molar-refractivity contribution in [3.8, 4) is 11.8 Å². The lowest BCUT2D eigenvalue weighted by atomic mass is 10.0. The number of Topliss-reactive ketones (excluding diaryl/α,β-unsaturated/α-hetero) is 1. The average Bonchev–Trinajstić information content (AvgIpc) is 3.53. The van der Waals surface area contributed by atoms with E-state index in [1.54, 1.807) is 38.3 Å². The van der Waals surface area contributed by atoms with Crippen molar-refractivity contribution >= 4 is 34.5 Å². The van der Waals surface area contributed by atoms with E-state index in [0.29, 0.717) is 16.8 Å². The van der Waals surface area contributed by atoms with Gasteiger partial charge in [-0.1, -0.05) is 42.2 Å². The number of hydrogen-bond acceptors (Lipinski definition) is 5. The highest BCUT2D eigenvalue weighted by atomic mass is 32.2. The van der Waals surface area contributed by atoms with Gasteiger partial charge >= 0.3 is 6.03 Å². The van der Waals surface area contributed by atoms with Gasteiger partial charge in [0, 0.05) is 60.5 Å². The van der Waals surface area contributed by atoms with Crippen molar-refractivity contribution in [3.05, 3.63) is 102 Å². The number of nitrogens with one attached hydrogen (secondary N) is 1. The first-order valence-corrected chi connectivity index (χ1v) is 12.3. The molecule has 1 amide bonds. The van der Waals surface area contributed by atoms with Gasteiger partial charge in [0.15, 0.2) is 5.78 Å². The summed E-state index contributed by atoms with van der Waals surface area (Å²) in [6.07, 6.45) is 5.21. The minimum Gasteiger partial charge on any atom is -0.330 e. The van der Waals surface area contributed by atoms with Crippen LogP contribution in [0.25, 0.3) is 10.9 Å². The summed E-state index contributed by atoms with van der Waals surface area (Å²) in [5, 5.41) is 4.18. The number of nitrogens with zero attached hydrogens (tertiary/aromatic N) is 3. The summed E-state index contributed by atoms with van der Waals surface area (Å²) in [6.45, 7) is 0. The van der Waals surface area contributed by atoms with Crippen LogP contribution in [0.15, 0.2) is 79.3 Å². The van der Waals surface area contributed by atoms with Crippen LogP contribution in [0.1, 0.15) is 32.4 Å². The number of fused-ring (bicyclic) bond motifs is 1. The fourth-order valence-corrected chi connectivity index (χ4v) is 5.30. The maximum absolute atomic E-state index is 13.6. The van der Waals surface area contributed by atoms with Crippen LogP contribution in [0.4, 0.5) is 4.79 Å². The summed E-state index contributed by atoms with van der Waals surface area (Å²) in [4.78, 5) is 32.2. The fourth-order valence-electron chi connectivity index (χ4n) is 4.07. The van der Waals surface area contributed by atoms with E-state index in [-0.39, 0.29) is 23.2 Å². The molecule has 35 heavy (non-hydrogen) atoms. The van der Waals surface area contributed by atoms with Crippen LogP contribution in [0, 0.1) is 11.8 Å². The first-order chi connectivity index (χ1) is 17.0. The second-order valence-corrected chi connectivity index (χ2v) is 9.66. The highest BCUT2D eigenvalue weighted by Crippen LogP contribution is 2.34. The number of carbonyl (C=O) groups is 2. The molecule has 0 radical (unpaired) electrons. The number of ketones is 1. The van der Waals surface area contributed by atoms with Crippen LogP contribution in [-0.4, -0.2) is 52.2 Å². The normalized spacial score (nSPS) is 17.1. The van der Waals surface area contributed by atoms with Crippen molar-refractivity contribution in [3.63, 3.8) is 0 Å². The summed E-state index contributed by atoms with van der Waals surface area (Å²) < 4.78 is 1.54. The molecule has 1 N–H and O–H groups in total. The van der Waals surface area contributed by atoms with E-state index in [1.807, 2.05) is 66.9 Å². The molecule has 7 heteroatoms. The molecule has 0 spiro atoms. The van der Waals surface area contributed by atoms with Crippen LogP contribution >= 0.6 is 11.8 Å². The van der Waals surface area contributed by atoms with Crippen LogP contribution < -0.4 is 5.32 Å². The fraction of sp³-hybridized carbons (Fsp3) is 0.179. The second kappa shape index (κ2) is 9.79. The Morgan fingerprint density at radius 1 is 1.06 bits per heavy atom. The highest BCUT2D eigenvalue weighted by Gasteiger charge is 2.33. The molecule has 2 aromatic carbocycles. The lowest BCUT2D eigenvalue weighted by molar-refractivity contribution is 0.0957. The van der Waals surface area contributed by atoms with Crippen molar-refractivity contribution in [1.82, 2.24) is 19.8 Å². The third-order valence-electron chi connectivity index (χ3n) is 5.87. The van der Waals surface area contributed by atoms with Gasteiger partial charge in [0.05, 0.1) is 16.9 Å². The van der Waals surface area contributed by atoms with E-state index in [9.17, 15) is 9.59 Å². The summed E-state index contributed by atoms with van der Waals surface area (Å²) >= 11 is 1.68. The van der Waals surface area contributed by atoms with E-state index in [0.717, 1.165) is 22.1 Å². The zero-order chi connectivity index (χ0) is 24.4. The van der Waals surface area contributed by atoms with Gasteiger partial charge in [0.2, 0.25) is 0 Å². The Balaban J connectivity index is 1.49. The van der Waals surface area contributed by atoms with Gasteiger partial charge in [0.25, 0.3) is 0 Å². The molecule has 2 aromatic heterocycles. The molecule has 0 saturated carbocycles. The summed E-state index contributed by atoms with van der Waals surface area (Å²) in [7, 11) is 3.39. The summed E-state index contributed by atoms with van der Waals surface area (Å²) in [6, 6.07) is 18.7. The molecule has 1 saturated heterocycles. The van der Waals surface area contributed by atoms with Crippen LogP contribution in [0.3, 0.4) is 0 Å². The van der Waals surface area contributed by atoms with Gasteiger partial charge in [0.1, 0.15) is 0 Å². The van der Waals surface area contributed by atoms with E-state index < -0.39 is 0 Å². The molecule has 1 aliphatic heterocycles. The Hall–Kier alpha value is -3.86. The third-order valence-corrected chi connectivity index (χ3v) is 7.14.